The first-order valence-corrected chi connectivity index (χ1v) is 9.59. The van der Waals surface area contributed by atoms with Crippen LogP contribution in [0.25, 0.3) is 0 Å². The van der Waals surface area contributed by atoms with Gasteiger partial charge in [-0.25, -0.2) is 4.39 Å². The molecule has 1 amide bonds. The predicted octanol–water partition coefficient (Wildman–Crippen LogP) is 4.33. The normalized spacial score (nSPS) is 14.2. The zero-order valence-electron chi connectivity index (χ0n) is 16.6. The Kier molecular flexibility index (Phi) is 6.52. The Morgan fingerprint density at radius 3 is 2.82 bits per heavy atom. The van der Waals surface area contributed by atoms with Gasteiger partial charge in [0.1, 0.15) is 23.9 Å². The Bertz CT molecular complexity index is 839. The highest BCUT2D eigenvalue weighted by Gasteiger charge is 2.18. The van der Waals surface area contributed by atoms with Gasteiger partial charge in [0.25, 0.3) is 5.91 Å². The molecule has 0 atom stereocenters. The molecule has 2 aromatic rings. The minimum Gasteiger partial charge on any atom is -0.497 e. The van der Waals surface area contributed by atoms with Crippen molar-refractivity contribution >= 4 is 11.6 Å². The van der Waals surface area contributed by atoms with Crippen molar-refractivity contribution in [2.75, 3.05) is 32.1 Å². The van der Waals surface area contributed by atoms with Crippen molar-refractivity contribution in [1.82, 2.24) is 4.90 Å². The van der Waals surface area contributed by atoms with Gasteiger partial charge in [0.15, 0.2) is 0 Å². The van der Waals surface area contributed by atoms with E-state index in [1.165, 1.54) is 19.2 Å². The van der Waals surface area contributed by atoms with Crippen LogP contribution >= 0.6 is 0 Å². The molecule has 0 saturated carbocycles. The number of benzene rings is 2. The smallest absolute Gasteiger partial charge is 0.255 e. The molecule has 0 bridgehead atoms. The fraction of sp³-hybridized carbons (Fsp3) is 0.409. The first-order valence-electron chi connectivity index (χ1n) is 9.59. The summed E-state index contributed by atoms with van der Waals surface area (Å²) in [6, 6.07) is 9.73. The van der Waals surface area contributed by atoms with Crippen LogP contribution in [0.3, 0.4) is 0 Å². The number of carbonyl (C=O) groups is 1. The molecule has 3 rings (SSSR count). The number of fused-ring (bicyclic) bond motifs is 1. The minimum atomic E-state index is -0.542. The van der Waals surface area contributed by atoms with Crippen molar-refractivity contribution < 1.29 is 18.7 Å². The fourth-order valence-corrected chi connectivity index (χ4v) is 3.12. The lowest BCUT2D eigenvalue weighted by Gasteiger charge is -2.20. The Balaban J connectivity index is 1.71. The Morgan fingerprint density at radius 2 is 2.11 bits per heavy atom. The molecule has 6 heteroatoms. The number of rotatable bonds is 6. The third kappa shape index (κ3) is 5.01. The van der Waals surface area contributed by atoms with Gasteiger partial charge in [-0.15, -0.1) is 0 Å². The van der Waals surface area contributed by atoms with Gasteiger partial charge in [-0.1, -0.05) is 19.9 Å². The van der Waals surface area contributed by atoms with Gasteiger partial charge in [0.05, 0.1) is 12.8 Å². The SMILES string of the molecule is COc1ccc(NC(=O)c2ccc3c(c2)OCCN(CCC(C)C)C3)c(F)c1. The molecule has 0 saturated heterocycles. The monoisotopic (exact) mass is 386 g/mol. The second-order valence-corrected chi connectivity index (χ2v) is 7.43. The van der Waals surface area contributed by atoms with Crippen molar-refractivity contribution in [3.63, 3.8) is 0 Å². The Labute approximate surface area is 165 Å². The second kappa shape index (κ2) is 9.06. The molecule has 2 aromatic carbocycles. The molecule has 1 aliphatic heterocycles. The Hall–Kier alpha value is -2.60. The first-order chi connectivity index (χ1) is 13.5. The summed E-state index contributed by atoms with van der Waals surface area (Å²) in [4.78, 5) is 14.9. The average Bonchev–Trinajstić information content (AvgIpc) is 2.89. The van der Waals surface area contributed by atoms with Crippen molar-refractivity contribution in [1.29, 1.82) is 0 Å². The quantitative estimate of drug-likeness (QED) is 0.803. The third-order valence-electron chi connectivity index (χ3n) is 4.84. The van der Waals surface area contributed by atoms with Gasteiger partial charge >= 0.3 is 0 Å². The number of anilines is 1. The van der Waals surface area contributed by atoms with Crippen LogP contribution in [0.5, 0.6) is 11.5 Å². The van der Waals surface area contributed by atoms with E-state index >= 15 is 0 Å². The van der Waals surface area contributed by atoms with E-state index in [1.807, 2.05) is 6.07 Å². The number of hydrogen-bond donors (Lipinski definition) is 1. The highest BCUT2D eigenvalue weighted by Crippen LogP contribution is 2.26. The van der Waals surface area contributed by atoms with E-state index in [4.69, 9.17) is 9.47 Å². The highest BCUT2D eigenvalue weighted by molar-refractivity contribution is 6.04. The molecule has 0 fully saturated rings. The molecule has 28 heavy (non-hydrogen) atoms. The summed E-state index contributed by atoms with van der Waals surface area (Å²) in [7, 11) is 1.46. The summed E-state index contributed by atoms with van der Waals surface area (Å²) in [5.74, 6) is 0.856. The number of amides is 1. The third-order valence-corrected chi connectivity index (χ3v) is 4.84. The van der Waals surface area contributed by atoms with Crippen molar-refractivity contribution in [3.05, 3.63) is 53.3 Å². The minimum absolute atomic E-state index is 0.113. The molecule has 1 N–H and O–H groups in total. The lowest BCUT2D eigenvalue weighted by Crippen LogP contribution is -2.27. The zero-order chi connectivity index (χ0) is 20.1. The number of nitrogens with zero attached hydrogens (tertiary/aromatic N) is 1. The maximum absolute atomic E-state index is 14.1. The van der Waals surface area contributed by atoms with Crippen LogP contribution in [-0.4, -0.2) is 37.6 Å². The molecule has 0 unspecified atom stereocenters. The van der Waals surface area contributed by atoms with Gasteiger partial charge in [-0.2, -0.15) is 0 Å². The van der Waals surface area contributed by atoms with Crippen LogP contribution in [-0.2, 0) is 6.54 Å². The summed E-state index contributed by atoms with van der Waals surface area (Å²) >= 11 is 0. The summed E-state index contributed by atoms with van der Waals surface area (Å²) in [6.45, 7) is 7.72. The van der Waals surface area contributed by atoms with Crippen molar-refractivity contribution in [2.24, 2.45) is 5.92 Å². The first kappa shape index (κ1) is 20.1. The van der Waals surface area contributed by atoms with E-state index in [0.29, 0.717) is 23.8 Å². The molecular weight excluding hydrogens is 359 g/mol. The van der Waals surface area contributed by atoms with Crippen LogP contribution in [0.15, 0.2) is 36.4 Å². The number of carbonyl (C=O) groups excluding carboxylic acids is 1. The van der Waals surface area contributed by atoms with Gasteiger partial charge in [0.2, 0.25) is 0 Å². The predicted molar refractivity (Wildman–Crippen MR) is 108 cm³/mol. The Morgan fingerprint density at radius 1 is 1.29 bits per heavy atom. The maximum Gasteiger partial charge on any atom is 0.255 e. The zero-order valence-corrected chi connectivity index (χ0v) is 16.6. The molecule has 150 valence electrons. The largest absolute Gasteiger partial charge is 0.497 e. The van der Waals surface area contributed by atoms with Crippen LogP contribution < -0.4 is 14.8 Å². The van der Waals surface area contributed by atoms with Gasteiger partial charge in [-0.3, -0.25) is 9.69 Å². The van der Waals surface area contributed by atoms with Crippen LogP contribution in [0.4, 0.5) is 10.1 Å². The van der Waals surface area contributed by atoms with Crippen molar-refractivity contribution in [3.8, 4) is 11.5 Å². The molecular formula is C22H27FN2O3. The molecule has 1 aliphatic rings. The van der Waals surface area contributed by atoms with E-state index in [2.05, 4.69) is 24.1 Å². The molecule has 0 spiro atoms. The van der Waals surface area contributed by atoms with E-state index in [-0.39, 0.29) is 11.6 Å². The highest BCUT2D eigenvalue weighted by atomic mass is 19.1. The van der Waals surface area contributed by atoms with E-state index in [0.717, 1.165) is 37.4 Å². The maximum atomic E-state index is 14.1. The number of ether oxygens (including phenoxy) is 2. The molecule has 0 aliphatic carbocycles. The number of halogens is 1. The number of nitrogens with one attached hydrogen (secondary N) is 1. The van der Waals surface area contributed by atoms with E-state index in [1.54, 1.807) is 18.2 Å². The lowest BCUT2D eigenvalue weighted by atomic mass is 10.1. The van der Waals surface area contributed by atoms with E-state index in [9.17, 15) is 9.18 Å². The summed E-state index contributed by atoms with van der Waals surface area (Å²) in [5.41, 5.74) is 1.61. The van der Waals surface area contributed by atoms with Crippen LogP contribution in [0, 0.1) is 11.7 Å². The van der Waals surface area contributed by atoms with Crippen LogP contribution in [0.1, 0.15) is 36.2 Å². The van der Waals surface area contributed by atoms with Gasteiger partial charge < -0.3 is 14.8 Å². The number of hydrogen-bond acceptors (Lipinski definition) is 4. The average molecular weight is 386 g/mol. The molecule has 1 heterocycles. The number of methoxy groups -OCH3 is 1. The molecule has 0 radical (unpaired) electrons. The topological polar surface area (TPSA) is 50.8 Å². The fourth-order valence-electron chi connectivity index (χ4n) is 3.12. The second-order valence-electron chi connectivity index (χ2n) is 7.43. The van der Waals surface area contributed by atoms with Gasteiger partial charge in [0, 0.05) is 30.3 Å². The summed E-state index contributed by atoms with van der Waals surface area (Å²) in [5, 5.41) is 2.61. The lowest BCUT2D eigenvalue weighted by molar-refractivity contribution is 0.102. The standard InChI is InChI=1S/C22H27FN2O3/c1-15(2)8-9-25-10-11-28-21-12-16(4-5-17(21)14-25)22(26)24-20-7-6-18(27-3)13-19(20)23/h4-7,12-13,15H,8-11,14H2,1-3H3,(H,24,26). The van der Waals surface area contributed by atoms with Gasteiger partial charge in [-0.05, 0) is 43.1 Å². The summed E-state index contributed by atoms with van der Waals surface area (Å²) in [6.07, 6.45) is 1.14. The molecule has 0 aromatic heterocycles. The summed E-state index contributed by atoms with van der Waals surface area (Å²) < 4.78 is 24.9. The van der Waals surface area contributed by atoms with Crippen molar-refractivity contribution in [2.45, 2.75) is 26.8 Å². The molecule has 5 nitrogen and oxygen atoms in total. The van der Waals surface area contributed by atoms with E-state index < -0.39 is 5.82 Å². The van der Waals surface area contributed by atoms with Crippen LogP contribution in [0.2, 0.25) is 0 Å².